The van der Waals surface area contributed by atoms with Gasteiger partial charge in [0, 0.05) is 26.5 Å². The molecule has 1 atom stereocenters. The lowest BCUT2D eigenvalue weighted by molar-refractivity contribution is 1.13. The molecule has 0 amide bonds. The summed E-state index contributed by atoms with van der Waals surface area (Å²) >= 11 is 5.78. The second-order valence-corrected chi connectivity index (χ2v) is 8.52. The van der Waals surface area contributed by atoms with Crippen LogP contribution >= 0.6 is 35.3 Å². The van der Waals surface area contributed by atoms with Crippen molar-refractivity contribution in [3.63, 3.8) is 0 Å². The van der Waals surface area contributed by atoms with Gasteiger partial charge < -0.3 is 0 Å². The maximum Gasteiger partial charge on any atom is 0.0232 e. The van der Waals surface area contributed by atoms with Gasteiger partial charge in [0.25, 0.3) is 0 Å². The average molecular weight is 335 g/mol. The fourth-order valence-electron chi connectivity index (χ4n) is 1.76. The van der Waals surface area contributed by atoms with Crippen molar-refractivity contribution in [1.82, 2.24) is 0 Å². The second-order valence-electron chi connectivity index (χ2n) is 5.10. The predicted molar refractivity (Wildman–Crippen MR) is 101 cm³/mol. The van der Waals surface area contributed by atoms with E-state index in [9.17, 15) is 0 Å². The number of aryl methyl sites for hydroxylation is 1. The van der Waals surface area contributed by atoms with Gasteiger partial charge in [0.15, 0.2) is 0 Å². The largest absolute Gasteiger partial charge is 0.161 e. The minimum Gasteiger partial charge on any atom is -0.161 e. The first-order valence-corrected chi connectivity index (χ1v) is 10.4. The van der Waals surface area contributed by atoms with Crippen LogP contribution in [0.2, 0.25) is 0 Å². The first kappa shape index (κ1) is 16.9. The lowest BCUT2D eigenvalue weighted by atomic mass is 10.2. The third kappa shape index (κ3) is 6.01. The van der Waals surface area contributed by atoms with E-state index in [-0.39, 0.29) is 0 Å². The molecule has 1 unspecified atom stereocenters. The molecule has 0 N–H and O–H groups in total. The van der Waals surface area contributed by atoms with Gasteiger partial charge in [-0.25, -0.2) is 0 Å². The van der Waals surface area contributed by atoms with E-state index in [0.717, 1.165) is 5.75 Å². The monoisotopic (exact) mass is 334 g/mol. The Morgan fingerprint density at radius 1 is 0.857 bits per heavy atom. The zero-order valence-corrected chi connectivity index (χ0v) is 15.3. The number of rotatable bonds is 7. The molecule has 2 aromatic rings. The summed E-state index contributed by atoms with van der Waals surface area (Å²) in [5.41, 5.74) is 2.71. The van der Waals surface area contributed by atoms with Gasteiger partial charge in [0.2, 0.25) is 0 Å². The summed E-state index contributed by atoms with van der Waals surface area (Å²) in [7, 11) is 0. The highest BCUT2D eigenvalue weighted by molar-refractivity contribution is 8.03. The summed E-state index contributed by atoms with van der Waals surface area (Å²) < 4.78 is 0. The van der Waals surface area contributed by atoms with Gasteiger partial charge >= 0.3 is 0 Å². The van der Waals surface area contributed by atoms with E-state index in [0.29, 0.717) is 5.25 Å². The molecule has 0 aliphatic heterocycles. The van der Waals surface area contributed by atoms with Crippen molar-refractivity contribution in [2.24, 2.45) is 0 Å². The third-order valence-corrected chi connectivity index (χ3v) is 6.77. The predicted octanol–water partition coefficient (Wildman–Crippen LogP) is 6.13. The minimum absolute atomic E-state index is 0.715. The van der Waals surface area contributed by atoms with Crippen LogP contribution in [0.3, 0.4) is 0 Å². The molecule has 3 heteroatoms. The second kappa shape index (κ2) is 8.82. The van der Waals surface area contributed by atoms with Gasteiger partial charge in [-0.05, 0) is 43.0 Å². The van der Waals surface area contributed by atoms with E-state index < -0.39 is 0 Å². The Kier molecular flexibility index (Phi) is 7.08. The normalized spacial score (nSPS) is 12.3. The molecule has 0 aliphatic rings. The summed E-state index contributed by atoms with van der Waals surface area (Å²) in [6.07, 6.45) is 2.18. The van der Waals surface area contributed by atoms with Gasteiger partial charge in [-0.2, -0.15) is 11.8 Å². The fourth-order valence-corrected chi connectivity index (χ4v) is 4.12. The summed E-state index contributed by atoms with van der Waals surface area (Å²) in [4.78, 5) is 2.72. The molecule has 0 saturated carbocycles. The number of thioether (sulfide) groups is 3. The Morgan fingerprint density at radius 2 is 1.43 bits per heavy atom. The van der Waals surface area contributed by atoms with Crippen molar-refractivity contribution in [3.8, 4) is 0 Å². The van der Waals surface area contributed by atoms with E-state index in [1.807, 2.05) is 35.3 Å². The molecule has 0 aromatic heterocycles. The Bertz CT molecular complexity index is 531. The Balaban J connectivity index is 1.83. The molecule has 0 heterocycles. The SMILES string of the molecule is CSC(C)CSc1ccc(CSc2ccc(C)cc2)cc1. The highest BCUT2D eigenvalue weighted by Crippen LogP contribution is 2.26. The average Bonchev–Trinajstić information content (AvgIpc) is 2.53. The van der Waals surface area contributed by atoms with Crippen LogP contribution in [0, 0.1) is 6.92 Å². The van der Waals surface area contributed by atoms with Gasteiger partial charge in [-0.15, -0.1) is 23.5 Å². The maximum absolute atomic E-state index is 2.28. The van der Waals surface area contributed by atoms with Crippen molar-refractivity contribution in [1.29, 1.82) is 0 Å². The molecule has 0 bridgehead atoms. The van der Waals surface area contributed by atoms with Crippen LogP contribution in [0.15, 0.2) is 58.3 Å². The zero-order valence-electron chi connectivity index (χ0n) is 12.8. The molecule has 2 rings (SSSR count). The van der Waals surface area contributed by atoms with Crippen LogP contribution in [0.25, 0.3) is 0 Å². The molecule has 0 radical (unpaired) electrons. The quantitative estimate of drug-likeness (QED) is 0.559. The number of hydrogen-bond acceptors (Lipinski definition) is 3. The van der Waals surface area contributed by atoms with Crippen LogP contribution in [-0.4, -0.2) is 17.3 Å². The molecule has 2 aromatic carbocycles. The smallest absolute Gasteiger partial charge is 0.0232 e. The summed E-state index contributed by atoms with van der Waals surface area (Å²) in [5, 5.41) is 0.715. The maximum atomic E-state index is 2.28. The lowest BCUT2D eigenvalue weighted by Gasteiger charge is -2.08. The van der Waals surface area contributed by atoms with Crippen LogP contribution in [0.5, 0.6) is 0 Å². The zero-order chi connectivity index (χ0) is 15.1. The van der Waals surface area contributed by atoms with E-state index in [4.69, 9.17) is 0 Å². The molecule has 112 valence electrons. The third-order valence-electron chi connectivity index (χ3n) is 3.24. The first-order chi connectivity index (χ1) is 10.2. The van der Waals surface area contributed by atoms with Crippen molar-refractivity contribution >= 4 is 35.3 Å². The van der Waals surface area contributed by atoms with Crippen LogP contribution in [-0.2, 0) is 5.75 Å². The van der Waals surface area contributed by atoms with Crippen molar-refractivity contribution in [2.45, 2.75) is 34.6 Å². The Labute approximate surface area is 141 Å². The molecule has 0 saturated heterocycles. The molecule has 0 fully saturated rings. The molecule has 0 aliphatic carbocycles. The molecule has 0 nitrogen and oxygen atoms in total. The molecular weight excluding hydrogens is 312 g/mol. The van der Waals surface area contributed by atoms with Crippen molar-refractivity contribution in [3.05, 3.63) is 59.7 Å². The van der Waals surface area contributed by atoms with Crippen LogP contribution in [0.1, 0.15) is 18.1 Å². The van der Waals surface area contributed by atoms with E-state index in [1.165, 1.54) is 26.7 Å². The molecule has 21 heavy (non-hydrogen) atoms. The summed E-state index contributed by atoms with van der Waals surface area (Å²) in [6.45, 7) is 4.41. The van der Waals surface area contributed by atoms with E-state index in [2.05, 4.69) is 68.6 Å². The molecular formula is C18H22S3. The first-order valence-electron chi connectivity index (χ1n) is 7.11. The van der Waals surface area contributed by atoms with Gasteiger partial charge in [-0.1, -0.05) is 36.8 Å². The minimum atomic E-state index is 0.715. The number of benzene rings is 2. The van der Waals surface area contributed by atoms with Crippen LogP contribution in [0.4, 0.5) is 0 Å². The van der Waals surface area contributed by atoms with Gasteiger partial charge in [-0.3, -0.25) is 0 Å². The van der Waals surface area contributed by atoms with E-state index >= 15 is 0 Å². The molecule has 0 spiro atoms. The Hall–Kier alpha value is -0.510. The highest BCUT2D eigenvalue weighted by Gasteiger charge is 2.02. The topological polar surface area (TPSA) is 0 Å². The summed E-state index contributed by atoms with van der Waals surface area (Å²) in [6, 6.07) is 17.8. The standard InChI is InChI=1S/C18H22S3/c1-14-4-8-17(9-5-14)21-13-16-6-10-18(11-7-16)20-12-15(2)19-3/h4-11,15H,12-13H2,1-3H3. The number of hydrogen-bond donors (Lipinski definition) is 0. The van der Waals surface area contributed by atoms with E-state index in [1.54, 1.807) is 0 Å². The Morgan fingerprint density at radius 3 is 2.05 bits per heavy atom. The summed E-state index contributed by atoms with van der Waals surface area (Å²) in [5.74, 6) is 2.22. The van der Waals surface area contributed by atoms with Crippen LogP contribution < -0.4 is 0 Å². The van der Waals surface area contributed by atoms with Crippen molar-refractivity contribution < 1.29 is 0 Å². The van der Waals surface area contributed by atoms with Gasteiger partial charge in [0.1, 0.15) is 0 Å². The van der Waals surface area contributed by atoms with Crippen molar-refractivity contribution in [2.75, 3.05) is 12.0 Å². The highest BCUT2D eigenvalue weighted by atomic mass is 32.2. The lowest BCUT2D eigenvalue weighted by Crippen LogP contribution is -1.97. The fraction of sp³-hybridized carbons (Fsp3) is 0.333. The van der Waals surface area contributed by atoms with Gasteiger partial charge in [0.05, 0.1) is 0 Å².